The Morgan fingerprint density at radius 1 is 1.59 bits per heavy atom. The van der Waals surface area contributed by atoms with Crippen molar-refractivity contribution >= 4 is 17.7 Å². The van der Waals surface area contributed by atoms with Crippen molar-refractivity contribution in [3.8, 4) is 5.75 Å². The van der Waals surface area contributed by atoms with E-state index in [1.54, 1.807) is 19.1 Å². The molecule has 0 spiro atoms. The number of carboxylic acids is 1. The van der Waals surface area contributed by atoms with Gasteiger partial charge in [0.15, 0.2) is 11.6 Å². The molecule has 0 amide bonds. The van der Waals surface area contributed by atoms with Gasteiger partial charge < -0.3 is 9.84 Å². The Labute approximate surface area is 104 Å². The standard InChI is InChI=1S/C12H15FO3S/c1-8(12(14)15)6-17-7-9-3-4-11(16-2)10(13)5-9/h3-5,8H,6-7H2,1-2H3,(H,14,15). The van der Waals surface area contributed by atoms with Gasteiger partial charge >= 0.3 is 5.97 Å². The van der Waals surface area contributed by atoms with Crippen molar-refractivity contribution in [1.29, 1.82) is 0 Å². The predicted molar refractivity (Wildman–Crippen MR) is 65.9 cm³/mol. The second-order valence-electron chi connectivity index (χ2n) is 3.72. The fourth-order valence-electron chi connectivity index (χ4n) is 1.22. The van der Waals surface area contributed by atoms with Crippen molar-refractivity contribution in [3.63, 3.8) is 0 Å². The number of hydrogen-bond acceptors (Lipinski definition) is 3. The molecule has 17 heavy (non-hydrogen) atoms. The number of thioether (sulfide) groups is 1. The molecule has 0 saturated heterocycles. The highest BCUT2D eigenvalue weighted by atomic mass is 32.2. The molecule has 0 fully saturated rings. The van der Waals surface area contributed by atoms with Crippen LogP contribution in [0.1, 0.15) is 12.5 Å². The first-order valence-electron chi connectivity index (χ1n) is 5.17. The van der Waals surface area contributed by atoms with Gasteiger partial charge in [-0.2, -0.15) is 11.8 Å². The first-order chi connectivity index (χ1) is 8.04. The van der Waals surface area contributed by atoms with Crippen LogP contribution in [-0.2, 0) is 10.5 Å². The zero-order valence-corrected chi connectivity index (χ0v) is 10.6. The largest absolute Gasteiger partial charge is 0.494 e. The number of ether oxygens (including phenoxy) is 1. The smallest absolute Gasteiger partial charge is 0.307 e. The molecular formula is C12H15FO3S. The maximum absolute atomic E-state index is 13.3. The molecule has 0 aliphatic heterocycles. The summed E-state index contributed by atoms with van der Waals surface area (Å²) in [6.07, 6.45) is 0. The van der Waals surface area contributed by atoms with E-state index < -0.39 is 11.8 Å². The first kappa shape index (κ1) is 13.8. The number of carboxylic acid groups (broad SMARTS) is 1. The molecule has 1 unspecified atom stereocenters. The average Bonchev–Trinajstić information content (AvgIpc) is 2.29. The van der Waals surface area contributed by atoms with E-state index in [4.69, 9.17) is 9.84 Å². The van der Waals surface area contributed by atoms with Crippen LogP contribution in [0.15, 0.2) is 18.2 Å². The van der Waals surface area contributed by atoms with Gasteiger partial charge in [0.2, 0.25) is 0 Å². The Kier molecular flexibility index (Phi) is 5.28. The van der Waals surface area contributed by atoms with E-state index in [1.165, 1.54) is 24.9 Å². The highest BCUT2D eigenvalue weighted by molar-refractivity contribution is 7.98. The molecule has 0 aliphatic rings. The van der Waals surface area contributed by atoms with Crippen LogP contribution in [0.25, 0.3) is 0 Å². The van der Waals surface area contributed by atoms with Crippen molar-refractivity contribution in [2.45, 2.75) is 12.7 Å². The van der Waals surface area contributed by atoms with Crippen LogP contribution < -0.4 is 4.74 Å². The van der Waals surface area contributed by atoms with Gasteiger partial charge in [0, 0.05) is 11.5 Å². The molecule has 0 saturated carbocycles. The number of rotatable bonds is 6. The molecule has 1 rings (SSSR count). The summed E-state index contributed by atoms with van der Waals surface area (Å²) in [4.78, 5) is 10.6. The third-order valence-corrected chi connectivity index (χ3v) is 3.55. The van der Waals surface area contributed by atoms with Crippen LogP contribution in [0, 0.1) is 11.7 Å². The van der Waals surface area contributed by atoms with Crippen molar-refractivity contribution in [3.05, 3.63) is 29.6 Å². The highest BCUT2D eigenvalue weighted by Gasteiger charge is 2.10. The van der Waals surface area contributed by atoms with E-state index in [0.717, 1.165) is 5.56 Å². The normalized spacial score (nSPS) is 12.2. The molecule has 94 valence electrons. The second kappa shape index (κ2) is 6.49. The van der Waals surface area contributed by atoms with Gasteiger partial charge in [-0.1, -0.05) is 13.0 Å². The van der Waals surface area contributed by atoms with Crippen LogP contribution in [0.3, 0.4) is 0 Å². The summed E-state index contributed by atoms with van der Waals surface area (Å²) in [6, 6.07) is 4.77. The fraction of sp³-hybridized carbons (Fsp3) is 0.417. The number of methoxy groups -OCH3 is 1. The van der Waals surface area contributed by atoms with E-state index in [-0.39, 0.29) is 11.7 Å². The Morgan fingerprint density at radius 3 is 2.82 bits per heavy atom. The summed E-state index contributed by atoms with van der Waals surface area (Å²) in [7, 11) is 1.42. The lowest BCUT2D eigenvalue weighted by Crippen LogP contribution is -2.11. The van der Waals surface area contributed by atoms with E-state index in [0.29, 0.717) is 11.5 Å². The monoisotopic (exact) mass is 258 g/mol. The molecule has 0 radical (unpaired) electrons. The summed E-state index contributed by atoms with van der Waals surface area (Å²) >= 11 is 1.48. The first-order valence-corrected chi connectivity index (χ1v) is 6.33. The molecule has 5 heteroatoms. The maximum atomic E-state index is 13.3. The zero-order valence-electron chi connectivity index (χ0n) is 9.77. The van der Waals surface area contributed by atoms with Gasteiger partial charge in [-0.05, 0) is 17.7 Å². The lowest BCUT2D eigenvalue weighted by molar-refractivity contribution is -0.140. The van der Waals surface area contributed by atoms with Crippen molar-refractivity contribution in [1.82, 2.24) is 0 Å². The summed E-state index contributed by atoms with van der Waals surface area (Å²) in [5.74, 6) is -0.252. The van der Waals surface area contributed by atoms with Gasteiger partial charge in [0.1, 0.15) is 0 Å². The molecule has 1 aromatic carbocycles. The Morgan fingerprint density at radius 2 is 2.29 bits per heavy atom. The van der Waals surface area contributed by atoms with Gasteiger partial charge in [0.25, 0.3) is 0 Å². The average molecular weight is 258 g/mol. The van der Waals surface area contributed by atoms with E-state index in [1.807, 2.05) is 0 Å². The van der Waals surface area contributed by atoms with Gasteiger partial charge in [-0.3, -0.25) is 4.79 Å². The van der Waals surface area contributed by atoms with Crippen LogP contribution in [-0.4, -0.2) is 23.9 Å². The third-order valence-electron chi connectivity index (χ3n) is 2.27. The lowest BCUT2D eigenvalue weighted by atomic mass is 10.2. The van der Waals surface area contributed by atoms with Crippen LogP contribution in [0.5, 0.6) is 5.75 Å². The summed E-state index contributed by atoms with van der Waals surface area (Å²) in [5, 5.41) is 8.70. The molecule has 1 N–H and O–H groups in total. The Bertz CT molecular complexity index is 395. The summed E-state index contributed by atoms with van der Waals surface area (Å²) in [5.41, 5.74) is 0.825. The molecule has 3 nitrogen and oxygen atoms in total. The summed E-state index contributed by atoms with van der Waals surface area (Å²) < 4.78 is 18.2. The van der Waals surface area contributed by atoms with Gasteiger partial charge in [-0.15, -0.1) is 0 Å². The number of halogens is 1. The minimum absolute atomic E-state index is 0.220. The van der Waals surface area contributed by atoms with Crippen LogP contribution in [0.2, 0.25) is 0 Å². The maximum Gasteiger partial charge on any atom is 0.307 e. The van der Waals surface area contributed by atoms with E-state index in [9.17, 15) is 9.18 Å². The number of aliphatic carboxylic acids is 1. The second-order valence-corrected chi connectivity index (χ2v) is 4.75. The number of benzene rings is 1. The van der Waals surface area contributed by atoms with Crippen molar-refractivity contribution in [2.24, 2.45) is 5.92 Å². The number of hydrogen-bond donors (Lipinski definition) is 1. The quantitative estimate of drug-likeness (QED) is 0.852. The van der Waals surface area contributed by atoms with Gasteiger partial charge in [-0.25, -0.2) is 4.39 Å². The summed E-state index contributed by atoms with van der Waals surface area (Å²) in [6.45, 7) is 1.66. The van der Waals surface area contributed by atoms with Crippen molar-refractivity contribution < 1.29 is 19.0 Å². The van der Waals surface area contributed by atoms with E-state index >= 15 is 0 Å². The van der Waals surface area contributed by atoms with E-state index in [2.05, 4.69) is 0 Å². The van der Waals surface area contributed by atoms with Gasteiger partial charge in [0.05, 0.1) is 13.0 Å². The molecule has 0 aromatic heterocycles. The zero-order chi connectivity index (χ0) is 12.8. The molecule has 1 aromatic rings. The fourth-order valence-corrected chi connectivity index (χ4v) is 2.25. The minimum atomic E-state index is -0.807. The Hall–Kier alpha value is -1.23. The molecule has 0 aliphatic carbocycles. The molecular weight excluding hydrogens is 243 g/mol. The predicted octanol–water partition coefficient (Wildman–Crippen LogP) is 2.79. The Balaban J connectivity index is 2.47. The lowest BCUT2D eigenvalue weighted by Gasteiger charge is -2.07. The van der Waals surface area contributed by atoms with Crippen LogP contribution >= 0.6 is 11.8 Å². The number of carbonyl (C=O) groups is 1. The molecule has 0 heterocycles. The molecule has 0 bridgehead atoms. The molecule has 1 atom stereocenters. The SMILES string of the molecule is COc1ccc(CSCC(C)C(=O)O)cc1F. The van der Waals surface area contributed by atoms with Crippen LogP contribution in [0.4, 0.5) is 4.39 Å². The van der Waals surface area contributed by atoms with Crippen molar-refractivity contribution in [2.75, 3.05) is 12.9 Å². The topological polar surface area (TPSA) is 46.5 Å². The minimum Gasteiger partial charge on any atom is -0.494 e. The highest BCUT2D eigenvalue weighted by Crippen LogP contribution is 2.21. The third kappa shape index (κ3) is 4.26.